The van der Waals surface area contributed by atoms with Crippen molar-refractivity contribution in [1.82, 2.24) is 10.2 Å². The van der Waals surface area contributed by atoms with E-state index in [1.807, 2.05) is 30.1 Å². The number of carbonyl (C=O) groups excluding carboxylic acids is 1. The first-order valence-electron chi connectivity index (χ1n) is 6.40. The maximum Gasteiger partial charge on any atom is 0.227 e. The number of nitrogens with one attached hydrogen (secondary N) is 1. The van der Waals surface area contributed by atoms with Crippen molar-refractivity contribution in [3.05, 3.63) is 28.2 Å². The zero-order valence-corrected chi connectivity index (χ0v) is 12.9. The van der Waals surface area contributed by atoms with Crippen LogP contribution in [0.1, 0.15) is 12.0 Å². The number of halogens is 1. The predicted octanol–water partition coefficient (Wildman–Crippen LogP) is 1.82. The third-order valence-electron chi connectivity index (χ3n) is 3.56. The van der Waals surface area contributed by atoms with Gasteiger partial charge in [-0.05, 0) is 31.2 Å². The van der Waals surface area contributed by atoms with Gasteiger partial charge in [-0.2, -0.15) is 0 Å². The first kappa shape index (κ1) is 14.3. The van der Waals surface area contributed by atoms with Crippen LogP contribution in [0.4, 0.5) is 0 Å². The van der Waals surface area contributed by atoms with Crippen LogP contribution in [0.25, 0.3) is 0 Å². The molecule has 1 atom stereocenters. The van der Waals surface area contributed by atoms with E-state index in [1.165, 1.54) is 0 Å². The highest BCUT2D eigenvalue weighted by molar-refractivity contribution is 9.10. The van der Waals surface area contributed by atoms with E-state index in [0.717, 1.165) is 35.3 Å². The number of methoxy groups -OCH3 is 1. The highest BCUT2D eigenvalue weighted by atomic mass is 79.9. The molecule has 1 saturated heterocycles. The highest BCUT2D eigenvalue weighted by Gasteiger charge is 2.23. The van der Waals surface area contributed by atoms with Crippen molar-refractivity contribution in [2.24, 2.45) is 0 Å². The molecule has 0 radical (unpaired) electrons. The van der Waals surface area contributed by atoms with E-state index in [0.29, 0.717) is 12.5 Å². The largest absolute Gasteiger partial charge is 0.496 e. The minimum Gasteiger partial charge on any atom is -0.496 e. The smallest absolute Gasteiger partial charge is 0.227 e. The Hall–Kier alpha value is -1.07. The molecule has 1 unspecified atom stereocenters. The zero-order chi connectivity index (χ0) is 13.8. The van der Waals surface area contributed by atoms with E-state index in [-0.39, 0.29) is 5.91 Å². The molecule has 19 heavy (non-hydrogen) atoms. The molecule has 1 N–H and O–H groups in total. The van der Waals surface area contributed by atoms with Crippen molar-refractivity contribution in [3.8, 4) is 5.75 Å². The minimum atomic E-state index is 0.130. The summed E-state index contributed by atoms with van der Waals surface area (Å²) in [6, 6.07) is 6.05. The molecular formula is C14H19BrN2O2. The summed E-state index contributed by atoms with van der Waals surface area (Å²) in [6.45, 7) is 1.88. The Morgan fingerprint density at radius 3 is 3.00 bits per heavy atom. The van der Waals surface area contributed by atoms with Crippen LogP contribution in [0.5, 0.6) is 5.75 Å². The van der Waals surface area contributed by atoms with Gasteiger partial charge in [0.15, 0.2) is 0 Å². The maximum absolute atomic E-state index is 12.3. The molecule has 1 aromatic carbocycles. The van der Waals surface area contributed by atoms with Gasteiger partial charge in [-0.15, -0.1) is 0 Å². The summed E-state index contributed by atoms with van der Waals surface area (Å²) in [4.78, 5) is 14.2. The number of carbonyl (C=O) groups is 1. The van der Waals surface area contributed by atoms with Gasteiger partial charge in [0.1, 0.15) is 5.75 Å². The van der Waals surface area contributed by atoms with Crippen molar-refractivity contribution in [2.45, 2.75) is 18.9 Å². The van der Waals surface area contributed by atoms with E-state index in [4.69, 9.17) is 4.74 Å². The van der Waals surface area contributed by atoms with Gasteiger partial charge in [-0.1, -0.05) is 15.9 Å². The summed E-state index contributed by atoms with van der Waals surface area (Å²) in [5, 5.41) is 3.28. The lowest BCUT2D eigenvalue weighted by Crippen LogP contribution is -2.39. The third kappa shape index (κ3) is 3.48. The maximum atomic E-state index is 12.3. The van der Waals surface area contributed by atoms with Crippen molar-refractivity contribution in [1.29, 1.82) is 0 Å². The average Bonchev–Trinajstić information content (AvgIpc) is 2.92. The Bertz CT molecular complexity index is 459. The Kier molecular flexibility index (Phi) is 4.82. The molecule has 0 bridgehead atoms. The van der Waals surface area contributed by atoms with Crippen LogP contribution in [-0.2, 0) is 11.2 Å². The van der Waals surface area contributed by atoms with Crippen LogP contribution in [0.2, 0.25) is 0 Å². The molecule has 104 valence electrons. The summed E-state index contributed by atoms with van der Waals surface area (Å²) in [7, 11) is 3.51. The van der Waals surface area contributed by atoms with E-state index >= 15 is 0 Å². The number of hydrogen-bond donors (Lipinski definition) is 1. The fourth-order valence-electron chi connectivity index (χ4n) is 2.35. The average molecular weight is 327 g/mol. The second-order valence-corrected chi connectivity index (χ2v) is 5.70. The molecule has 0 aliphatic carbocycles. The van der Waals surface area contributed by atoms with Crippen molar-refractivity contribution in [3.63, 3.8) is 0 Å². The molecule has 1 aliphatic heterocycles. The molecule has 1 amide bonds. The van der Waals surface area contributed by atoms with Crippen molar-refractivity contribution in [2.75, 3.05) is 27.2 Å². The summed E-state index contributed by atoms with van der Waals surface area (Å²) < 4.78 is 6.26. The van der Waals surface area contributed by atoms with Gasteiger partial charge in [0, 0.05) is 29.7 Å². The van der Waals surface area contributed by atoms with E-state index in [9.17, 15) is 4.79 Å². The molecule has 1 aromatic rings. The van der Waals surface area contributed by atoms with E-state index in [1.54, 1.807) is 7.11 Å². The molecule has 1 aliphatic rings. The second-order valence-electron chi connectivity index (χ2n) is 4.78. The number of likely N-dealkylation sites (N-methyl/N-ethyl adjacent to an activating group) is 1. The first-order valence-corrected chi connectivity index (χ1v) is 7.20. The lowest BCUT2D eigenvalue weighted by Gasteiger charge is -2.24. The second kappa shape index (κ2) is 6.39. The number of rotatable bonds is 4. The van der Waals surface area contributed by atoms with Gasteiger partial charge in [-0.25, -0.2) is 0 Å². The third-order valence-corrected chi connectivity index (χ3v) is 4.05. The molecular weight excluding hydrogens is 308 g/mol. The lowest BCUT2D eigenvalue weighted by molar-refractivity contribution is -0.130. The first-order chi connectivity index (χ1) is 9.11. The molecule has 5 heteroatoms. The number of amides is 1. The molecule has 0 aromatic heterocycles. The standard InChI is InChI=1S/C14H19BrN2O2/c1-17(12-5-6-16-9-12)14(18)8-10-7-11(15)3-4-13(10)19-2/h3-4,7,12,16H,5-6,8-9H2,1-2H3. The van der Waals surface area contributed by atoms with Crippen LogP contribution in [0, 0.1) is 0 Å². The van der Waals surface area contributed by atoms with Crippen LogP contribution < -0.4 is 10.1 Å². The van der Waals surface area contributed by atoms with Crippen LogP contribution in [0.3, 0.4) is 0 Å². The van der Waals surface area contributed by atoms with Gasteiger partial charge < -0.3 is 15.0 Å². The van der Waals surface area contributed by atoms with Gasteiger partial charge in [0.2, 0.25) is 5.91 Å². The highest BCUT2D eigenvalue weighted by Crippen LogP contribution is 2.24. The van der Waals surface area contributed by atoms with Crippen LogP contribution >= 0.6 is 15.9 Å². The molecule has 2 rings (SSSR count). The number of benzene rings is 1. The van der Waals surface area contributed by atoms with Gasteiger partial charge >= 0.3 is 0 Å². The molecule has 1 heterocycles. The van der Waals surface area contributed by atoms with Crippen molar-refractivity contribution >= 4 is 21.8 Å². The molecule has 1 fully saturated rings. The Balaban J connectivity index is 2.07. The monoisotopic (exact) mass is 326 g/mol. The van der Waals surface area contributed by atoms with E-state index < -0.39 is 0 Å². The SMILES string of the molecule is COc1ccc(Br)cc1CC(=O)N(C)C1CCNC1. The quantitative estimate of drug-likeness (QED) is 0.917. The van der Waals surface area contributed by atoms with Crippen molar-refractivity contribution < 1.29 is 9.53 Å². The van der Waals surface area contributed by atoms with Gasteiger partial charge in [0.25, 0.3) is 0 Å². The van der Waals surface area contributed by atoms with Gasteiger partial charge in [0.05, 0.1) is 13.5 Å². The Labute approximate surface area is 122 Å². The minimum absolute atomic E-state index is 0.130. The molecule has 4 nitrogen and oxygen atoms in total. The summed E-state index contributed by atoms with van der Waals surface area (Å²) in [5.41, 5.74) is 0.916. The lowest BCUT2D eigenvalue weighted by atomic mass is 10.1. The fourth-order valence-corrected chi connectivity index (χ4v) is 2.76. The van der Waals surface area contributed by atoms with Gasteiger partial charge in [-0.3, -0.25) is 4.79 Å². The summed E-state index contributed by atoms with van der Waals surface area (Å²) >= 11 is 3.43. The summed E-state index contributed by atoms with van der Waals surface area (Å²) in [6.07, 6.45) is 1.40. The summed E-state index contributed by atoms with van der Waals surface area (Å²) in [5.74, 6) is 0.889. The Morgan fingerprint density at radius 2 is 2.37 bits per heavy atom. The van der Waals surface area contributed by atoms with Crippen LogP contribution in [-0.4, -0.2) is 44.1 Å². The number of hydrogen-bond acceptors (Lipinski definition) is 3. The fraction of sp³-hybridized carbons (Fsp3) is 0.500. The van der Waals surface area contributed by atoms with Crippen LogP contribution in [0.15, 0.2) is 22.7 Å². The zero-order valence-electron chi connectivity index (χ0n) is 11.3. The predicted molar refractivity (Wildman–Crippen MR) is 78.4 cm³/mol. The Morgan fingerprint density at radius 1 is 1.58 bits per heavy atom. The molecule has 0 saturated carbocycles. The van der Waals surface area contributed by atoms with E-state index in [2.05, 4.69) is 21.2 Å². The number of nitrogens with zero attached hydrogens (tertiary/aromatic N) is 1. The molecule has 0 spiro atoms. The topological polar surface area (TPSA) is 41.6 Å². The normalized spacial score (nSPS) is 18.4. The number of ether oxygens (including phenoxy) is 1.